The summed E-state index contributed by atoms with van der Waals surface area (Å²) in [5.74, 6) is -2.84. The summed E-state index contributed by atoms with van der Waals surface area (Å²) >= 11 is 0. The molecule has 0 spiro atoms. The van der Waals surface area contributed by atoms with E-state index in [1.165, 1.54) is 0 Å². The highest BCUT2D eigenvalue weighted by atomic mass is 19.1. The maximum absolute atomic E-state index is 12.8. The number of hydrogen-bond acceptors (Lipinski definition) is 1. The molecular weight excluding hydrogens is 181 g/mol. The monoisotopic (exact) mass is 188 g/mol. The maximum atomic E-state index is 12.8. The summed E-state index contributed by atoms with van der Waals surface area (Å²) in [5.41, 5.74) is -0.242. The van der Waals surface area contributed by atoms with Gasteiger partial charge >= 0.3 is 0 Å². The lowest BCUT2D eigenvalue weighted by Crippen LogP contribution is -1.97. The van der Waals surface area contributed by atoms with Crippen molar-refractivity contribution in [2.45, 2.75) is 12.8 Å². The molecule has 0 aliphatic carbocycles. The molecule has 0 heterocycles. The molecule has 0 unspecified atom stereocenters. The fourth-order valence-corrected chi connectivity index (χ4v) is 1.01. The molecule has 0 radical (unpaired) electrons. The van der Waals surface area contributed by atoms with Crippen molar-refractivity contribution in [3.63, 3.8) is 0 Å². The number of carbonyl (C=O) groups is 1. The van der Waals surface area contributed by atoms with Crippen LogP contribution < -0.4 is 0 Å². The topological polar surface area (TPSA) is 17.1 Å². The summed E-state index contributed by atoms with van der Waals surface area (Å²) in [7, 11) is 0. The molecule has 13 heavy (non-hydrogen) atoms. The van der Waals surface area contributed by atoms with Gasteiger partial charge in [-0.3, -0.25) is 0 Å². The fourth-order valence-electron chi connectivity index (χ4n) is 1.01. The first-order valence-electron chi connectivity index (χ1n) is 3.72. The number of benzene rings is 1. The van der Waals surface area contributed by atoms with Crippen LogP contribution in [0.15, 0.2) is 12.1 Å². The zero-order valence-electron chi connectivity index (χ0n) is 6.69. The van der Waals surface area contributed by atoms with Gasteiger partial charge in [-0.15, -0.1) is 0 Å². The van der Waals surface area contributed by atoms with E-state index in [9.17, 15) is 18.0 Å². The lowest BCUT2D eigenvalue weighted by atomic mass is 10.1. The van der Waals surface area contributed by atoms with Gasteiger partial charge in [-0.05, 0) is 6.42 Å². The molecule has 0 aliphatic heterocycles. The number of rotatable bonds is 3. The van der Waals surface area contributed by atoms with Crippen molar-refractivity contribution in [1.82, 2.24) is 0 Å². The van der Waals surface area contributed by atoms with Gasteiger partial charge in [0.25, 0.3) is 0 Å². The fraction of sp³-hybridized carbons (Fsp3) is 0.222. The largest absolute Gasteiger partial charge is 0.303 e. The minimum atomic E-state index is -0.954. The van der Waals surface area contributed by atoms with Crippen molar-refractivity contribution in [2.24, 2.45) is 0 Å². The summed E-state index contributed by atoms with van der Waals surface area (Å²) in [4.78, 5) is 9.95. The minimum Gasteiger partial charge on any atom is -0.303 e. The second kappa shape index (κ2) is 4.07. The number of hydrogen-bond donors (Lipinski definition) is 0. The normalized spacial score (nSPS) is 10.1. The van der Waals surface area contributed by atoms with Gasteiger partial charge in [-0.25, -0.2) is 13.2 Å². The number of halogens is 3. The summed E-state index contributed by atoms with van der Waals surface area (Å²) in [6, 6.07) is 1.20. The van der Waals surface area contributed by atoms with Crippen molar-refractivity contribution < 1.29 is 18.0 Å². The van der Waals surface area contributed by atoms with Crippen LogP contribution in [0.25, 0.3) is 0 Å². The third kappa shape index (κ3) is 2.31. The Kier molecular flexibility index (Phi) is 3.06. The Bertz CT molecular complexity index is 300. The number of aldehydes is 1. The molecule has 0 atom stereocenters. The van der Waals surface area contributed by atoms with E-state index in [0.717, 1.165) is 0 Å². The molecule has 0 aliphatic rings. The van der Waals surface area contributed by atoms with Crippen LogP contribution in [0.1, 0.15) is 12.0 Å². The van der Waals surface area contributed by atoms with E-state index < -0.39 is 17.5 Å². The molecule has 1 rings (SSSR count). The quantitative estimate of drug-likeness (QED) is 0.665. The van der Waals surface area contributed by atoms with Crippen LogP contribution in [0, 0.1) is 17.5 Å². The Balaban J connectivity index is 2.98. The van der Waals surface area contributed by atoms with Crippen LogP contribution in [-0.4, -0.2) is 6.29 Å². The molecule has 1 aromatic rings. The highest BCUT2D eigenvalue weighted by molar-refractivity contribution is 5.50. The standard InChI is InChI=1S/C9H7F3O/c10-6-4-8(11)7(2-1-3-13)9(12)5-6/h3-5H,1-2H2. The third-order valence-electron chi connectivity index (χ3n) is 1.62. The zero-order valence-corrected chi connectivity index (χ0v) is 6.69. The Morgan fingerprint density at radius 1 is 1.15 bits per heavy atom. The van der Waals surface area contributed by atoms with Crippen molar-refractivity contribution >= 4 is 6.29 Å². The first kappa shape index (κ1) is 9.77. The average molecular weight is 188 g/mol. The summed E-state index contributed by atoms with van der Waals surface area (Å²) < 4.78 is 38.1. The molecule has 0 aromatic heterocycles. The van der Waals surface area contributed by atoms with Gasteiger partial charge in [0.15, 0.2) is 0 Å². The third-order valence-corrected chi connectivity index (χ3v) is 1.62. The smallest absolute Gasteiger partial charge is 0.132 e. The van der Waals surface area contributed by atoms with E-state index in [0.29, 0.717) is 18.4 Å². The van der Waals surface area contributed by atoms with Crippen LogP contribution >= 0.6 is 0 Å². The molecule has 0 saturated carbocycles. The average Bonchev–Trinajstić information content (AvgIpc) is 2.02. The number of carbonyl (C=O) groups excluding carboxylic acids is 1. The van der Waals surface area contributed by atoms with Gasteiger partial charge in [-0.2, -0.15) is 0 Å². The van der Waals surface area contributed by atoms with Crippen LogP contribution in [0.2, 0.25) is 0 Å². The van der Waals surface area contributed by atoms with E-state index in [1.807, 2.05) is 0 Å². The maximum Gasteiger partial charge on any atom is 0.132 e. The van der Waals surface area contributed by atoms with Gasteiger partial charge in [-0.1, -0.05) is 0 Å². The predicted molar refractivity (Wildman–Crippen MR) is 40.7 cm³/mol. The van der Waals surface area contributed by atoms with Gasteiger partial charge in [0, 0.05) is 24.1 Å². The van der Waals surface area contributed by atoms with E-state index in [-0.39, 0.29) is 18.4 Å². The van der Waals surface area contributed by atoms with Gasteiger partial charge in [0.05, 0.1) is 0 Å². The van der Waals surface area contributed by atoms with Crippen LogP contribution in [0.4, 0.5) is 13.2 Å². The van der Waals surface area contributed by atoms with Crippen molar-refractivity contribution in [3.05, 3.63) is 35.1 Å². The minimum absolute atomic E-state index is 0.0273. The molecular formula is C9H7F3O. The van der Waals surface area contributed by atoms with Gasteiger partial charge < -0.3 is 4.79 Å². The molecule has 1 aromatic carbocycles. The zero-order chi connectivity index (χ0) is 9.84. The first-order chi connectivity index (χ1) is 6.15. The summed E-state index contributed by atoms with van der Waals surface area (Å²) in [6.07, 6.45) is 0.545. The van der Waals surface area contributed by atoms with Crippen molar-refractivity contribution in [3.8, 4) is 0 Å². The molecule has 0 bridgehead atoms. The Morgan fingerprint density at radius 2 is 1.69 bits per heavy atom. The molecule has 0 amide bonds. The van der Waals surface area contributed by atoms with Gasteiger partial charge in [0.1, 0.15) is 23.7 Å². The lowest BCUT2D eigenvalue weighted by molar-refractivity contribution is -0.107. The summed E-state index contributed by atoms with van der Waals surface area (Å²) in [5, 5.41) is 0. The molecule has 4 heteroatoms. The van der Waals surface area contributed by atoms with Crippen LogP contribution in [0.3, 0.4) is 0 Å². The first-order valence-corrected chi connectivity index (χ1v) is 3.72. The Hall–Kier alpha value is -1.32. The highest BCUT2D eigenvalue weighted by Gasteiger charge is 2.10. The molecule has 1 nitrogen and oxygen atoms in total. The van der Waals surface area contributed by atoms with E-state index in [1.54, 1.807) is 0 Å². The van der Waals surface area contributed by atoms with E-state index in [2.05, 4.69) is 0 Å². The Morgan fingerprint density at radius 3 is 2.15 bits per heavy atom. The SMILES string of the molecule is O=CCCc1c(F)cc(F)cc1F. The molecule has 0 saturated heterocycles. The molecule has 70 valence electrons. The molecule has 0 N–H and O–H groups in total. The van der Waals surface area contributed by atoms with Crippen molar-refractivity contribution in [1.29, 1.82) is 0 Å². The van der Waals surface area contributed by atoms with Gasteiger partial charge in [0.2, 0.25) is 0 Å². The van der Waals surface area contributed by atoms with Crippen molar-refractivity contribution in [2.75, 3.05) is 0 Å². The summed E-state index contributed by atoms with van der Waals surface area (Å²) in [6.45, 7) is 0. The van der Waals surface area contributed by atoms with E-state index >= 15 is 0 Å². The molecule has 0 fully saturated rings. The Labute approximate surface area is 73.2 Å². The lowest BCUT2D eigenvalue weighted by Gasteiger charge is -2.02. The second-order valence-corrected chi connectivity index (χ2v) is 2.55. The van der Waals surface area contributed by atoms with Crippen LogP contribution in [0.5, 0.6) is 0 Å². The predicted octanol–water partition coefficient (Wildman–Crippen LogP) is 2.24. The van der Waals surface area contributed by atoms with Crippen LogP contribution in [-0.2, 0) is 11.2 Å². The van der Waals surface area contributed by atoms with E-state index in [4.69, 9.17) is 0 Å². The highest BCUT2D eigenvalue weighted by Crippen LogP contribution is 2.15. The second-order valence-electron chi connectivity index (χ2n) is 2.55.